The number of carbonyl (C=O) groups is 1. The van der Waals surface area contributed by atoms with Crippen LogP contribution in [0.25, 0.3) is 5.57 Å². The molecular weight excluding hydrogens is 377 g/mol. The Labute approximate surface area is 165 Å². The first-order chi connectivity index (χ1) is 13.1. The molecule has 2 aromatic carbocycles. The van der Waals surface area contributed by atoms with E-state index in [9.17, 15) is 17.6 Å². The van der Waals surface area contributed by atoms with Gasteiger partial charge in [-0.15, -0.1) is 0 Å². The Morgan fingerprint density at radius 2 is 1.71 bits per heavy atom. The van der Waals surface area contributed by atoms with E-state index >= 15 is 0 Å². The summed E-state index contributed by atoms with van der Waals surface area (Å²) in [5.74, 6) is -0.828. The van der Waals surface area contributed by atoms with Crippen molar-refractivity contribution in [2.24, 2.45) is 5.92 Å². The van der Waals surface area contributed by atoms with E-state index in [1.165, 1.54) is 18.2 Å². The Hall–Kier alpha value is -2.47. The highest BCUT2D eigenvalue weighted by atomic mass is 32.2. The first-order valence-electron chi connectivity index (χ1n) is 9.19. The molecular formula is C22H24FNO3S. The van der Waals surface area contributed by atoms with Crippen molar-refractivity contribution in [3.8, 4) is 0 Å². The molecule has 1 unspecified atom stereocenters. The lowest BCUT2D eigenvalue weighted by atomic mass is 9.93. The molecule has 0 heterocycles. The first-order valence-corrected chi connectivity index (χ1v) is 10.7. The Morgan fingerprint density at radius 3 is 2.32 bits per heavy atom. The van der Waals surface area contributed by atoms with Crippen molar-refractivity contribution < 1.29 is 17.6 Å². The summed E-state index contributed by atoms with van der Waals surface area (Å²) in [5.41, 5.74) is 4.68. The number of benzene rings is 2. The normalized spacial score (nSPS) is 17.1. The molecule has 148 valence electrons. The van der Waals surface area contributed by atoms with Crippen molar-refractivity contribution in [2.75, 3.05) is 4.72 Å². The molecule has 0 fully saturated rings. The molecule has 3 rings (SSSR count). The van der Waals surface area contributed by atoms with Crippen LogP contribution in [0.1, 0.15) is 42.0 Å². The first kappa shape index (κ1) is 20.3. The molecule has 2 aromatic rings. The molecule has 0 spiro atoms. The number of anilines is 1. The molecule has 0 bridgehead atoms. The van der Waals surface area contributed by atoms with Gasteiger partial charge in [-0.25, -0.2) is 12.8 Å². The molecule has 1 atom stereocenters. The van der Waals surface area contributed by atoms with E-state index in [0.717, 1.165) is 23.8 Å². The van der Waals surface area contributed by atoms with Crippen molar-refractivity contribution in [1.29, 1.82) is 0 Å². The van der Waals surface area contributed by atoms with Crippen LogP contribution in [-0.2, 0) is 14.8 Å². The molecule has 0 radical (unpaired) electrons. The van der Waals surface area contributed by atoms with Gasteiger partial charge in [-0.3, -0.25) is 4.72 Å². The van der Waals surface area contributed by atoms with Crippen molar-refractivity contribution in [3.63, 3.8) is 0 Å². The number of carbonyl (C=O) groups excluding carboxylic acids is 1. The number of rotatable bonds is 5. The van der Waals surface area contributed by atoms with Gasteiger partial charge < -0.3 is 4.79 Å². The zero-order valence-corrected chi connectivity index (χ0v) is 17.3. The number of hydrogen-bond acceptors (Lipinski definition) is 3. The van der Waals surface area contributed by atoms with Gasteiger partial charge in [-0.05, 0) is 75.4 Å². The van der Waals surface area contributed by atoms with E-state index in [4.69, 9.17) is 0 Å². The van der Waals surface area contributed by atoms with E-state index in [1.54, 1.807) is 13.8 Å². The second-order valence-electron chi connectivity index (χ2n) is 7.50. The van der Waals surface area contributed by atoms with Crippen LogP contribution in [0.5, 0.6) is 0 Å². The highest BCUT2D eigenvalue weighted by Gasteiger charge is 2.28. The topological polar surface area (TPSA) is 63.2 Å². The van der Waals surface area contributed by atoms with E-state index in [0.29, 0.717) is 28.7 Å². The zero-order chi connectivity index (χ0) is 20.6. The number of aldehydes is 1. The monoisotopic (exact) mass is 401 g/mol. The minimum absolute atomic E-state index is 0.220. The van der Waals surface area contributed by atoms with E-state index in [1.807, 2.05) is 26.0 Å². The minimum atomic E-state index is -3.88. The van der Waals surface area contributed by atoms with Gasteiger partial charge in [0.15, 0.2) is 0 Å². The average molecular weight is 402 g/mol. The summed E-state index contributed by atoms with van der Waals surface area (Å²) in [6.45, 7) is 7.32. The second-order valence-corrected chi connectivity index (χ2v) is 9.12. The lowest BCUT2D eigenvalue weighted by Gasteiger charge is -2.18. The van der Waals surface area contributed by atoms with E-state index < -0.39 is 15.8 Å². The molecule has 6 heteroatoms. The summed E-state index contributed by atoms with van der Waals surface area (Å²) in [4.78, 5) is 11.7. The van der Waals surface area contributed by atoms with Gasteiger partial charge in [-0.2, -0.15) is 0 Å². The Bertz CT molecular complexity index is 1060. The van der Waals surface area contributed by atoms with E-state index in [-0.39, 0.29) is 16.5 Å². The van der Waals surface area contributed by atoms with Crippen LogP contribution in [-0.4, -0.2) is 14.7 Å². The third kappa shape index (κ3) is 3.74. The molecule has 1 N–H and O–H groups in total. The zero-order valence-electron chi connectivity index (χ0n) is 16.5. The van der Waals surface area contributed by atoms with Gasteiger partial charge in [0.2, 0.25) is 0 Å². The lowest BCUT2D eigenvalue weighted by Crippen LogP contribution is -2.17. The Balaban J connectivity index is 2.12. The Kier molecular flexibility index (Phi) is 5.44. The van der Waals surface area contributed by atoms with Crippen LogP contribution in [0.4, 0.5) is 10.1 Å². The molecule has 0 aromatic heterocycles. The van der Waals surface area contributed by atoms with Crippen LogP contribution in [0.3, 0.4) is 0 Å². The van der Waals surface area contributed by atoms with Crippen LogP contribution < -0.4 is 4.72 Å². The maximum absolute atomic E-state index is 14.0. The summed E-state index contributed by atoms with van der Waals surface area (Å²) in [7, 11) is -3.88. The van der Waals surface area contributed by atoms with Crippen LogP contribution in [0.2, 0.25) is 0 Å². The molecule has 28 heavy (non-hydrogen) atoms. The maximum Gasteiger partial charge on any atom is 0.262 e. The minimum Gasteiger partial charge on any atom is -0.303 e. The number of sulfonamides is 1. The summed E-state index contributed by atoms with van der Waals surface area (Å²) in [6, 6.07) is 7.57. The number of aryl methyl sites for hydroxylation is 3. The van der Waals surface area contributed by atoms with Gasteiger partial charge in [0.1, 0.15) is 12.1 Å². The number of nitrogens with one attached hydrogen (secondary N) is 1. The maximum atomic E-state index is 14.0. The fourth-order valence-corrected chi connectivity index (χ4v) is 5.68. The van der Waals surface area contributed by atoms with Gasteiger partial charge in [0, 0.05) is 11.5 Å². The van der Waals surface area contributed by atoms with Crippen molar-refractivity contribution >= 4 is 27.6 Å². The number of hydrogen-bond donors (Lipinski definition) is 1. The number of halogens is 1. The standard InChI is InChI=1S/C22H24FNO3S/c1-13-9-15(3)22(16(4)10-13)28(26,27)24-20-8-7-18(23)11-19(20)21-14(2)5-6-17(21)12-25/h7-12,17,24H,5-6H2,1-4H3. The summed E-state index contributed by atoms with van der Waals surface area (Å²) < 4.78 is 42.9. The van der Waals surface area contributed by atoms with Gasteiger partial charge >= 0.3 is 0 Å². The van der Waals surface area contributed by atoms with Gasteiger partial charge in [0.05, 0.1) is 10.6 Å². The Morgan fingerprint density at radius 1 is 1.07 bits per heavy atom. The molecule has 0 saturated heterocycles. The second kappa shape index (κ2) is 7.51. The number of allylic oxidation sites excluding steroid dienone is 2. The summed E-state index contributed by atoms with van der Waals surface area (Å²) in [5, 5.41) is 0. The van der Waals surface area contributed by atoms with Crippen LogP contribution in [0.15, 0.2) is 40.8 Å². The predicted molar refractivity (Wildman–Crippen MR) is 109 cm³/mol. The third-order valence-corrected chi connectivity index (χ3v) is 6.88. The predicted octanol–water partition coefficient (Wildman–Crippen LogP) is 4.93. The highest BCUT2D eigenvalue weighted by Crippen LogP contribution is 2.41. The largest absolute Gasteiger partial charge is 0.303 e. The quantitative estimate of drug-likeness (QED) is 0.722. The fraction of sp³-hybridized carbons (Fsp3) is 0.318. The van der Waals surface area contributed by atoms with Crippen molar-refractivity contribution in [1.82, 2.24) is 0 Å². The smallest absolute Gasteiger partial charge is 0.262 e. The molecule has 1 aliphatic carbocycles. The van der Waals surface area contributed by atoms with Crippen LogP contribution >= 0.6 is 0 Å². The highest BCUT2D eigenvalue weighted by molar-refractivity contribution is 7.92. The molecule has 4 nitrogen and oxygen atoms in total. The van der Waals surface area contributed by atoms with Crippen molar-refractivity contribution in [3.05, 3.63) is 64.0 Å². The molecule has 0 aliphatic heterocycles. The van der Waals surface area contributed by atoms with E-state index in [2.05, 4.69) is 4.72 Å². The van der Waals surface area contributed by atoms with Crippen LogP contribution in [0, 0.1) is 32.5 Å². The van der Waals surface area contributed by atoms with Gasteiger partial charge in [-0.1, -0.05) is 23.3 Å². The summed E-state index contributed by atoms with van der Waals surface area (Å²) >= 11 is 0. The molecule has 0 saturated carbocycles. The summed E-state index contributed by atoms with van der Waals surface area (Å²) in [6.07, 6.45) is 2.24. The SMILES string of the molecule is CC1=C(c2cc(F)ccc2NS(=O)(=O)c2c(C)cc(C)cc2C)C(C=O)CC1. The molecule has 1 aliphatic rings. The lowest BCUT2D eigenvalue weighted by molar-refractivity contribution is -0.109. The van der Waals surface area contributed by atoms with Crippen molar-refractivity contribution in [2.45, 2.75) is 45.4 Å². The average Bonchev–Trinajstić information content (AvgIpc) is 2.95. The molecule has 0 amide bonds. The van der Waals surface area contributed by atoms with Gasteiger partial charge in [0.25, 0.3) is 10.0 Å². The third-order valence-electron chi connectivity index (χ3n) is 5.21. The fourth-order valence-electron chi connectivity index (χ4n) is 4.15.